The van der Waals surface area contributed by atoms with Crippen molar-refractivity contribution in [2.45, 2.75) is 18.6 Å². The van der Waals surface area contributed by atoms with Gasteiger partial charge in [0.05, 0.1) is 6.54 Å². The molecule has 0 amide bonds. The van der Waals surface area contributed by atoms with Gasteiger partial charge in [-0.25, -0.2) is 0 Å². The van der Waals surface area contributed by atoms with Crippen molar-refractivity contribution in [1.29, 1.82) is 0 Å². The molecule has 2 aromatic rings. The molecule has 0 spiro atoms. The van der Waals surface area contributed by atoms with Gasteiger partial charge in [-0.3, -0.25) is 4.99 Å². The van der Waals surface area contributed by atoms with Crippen LogP contribution in [0.15, 0.2) is 59.6 Å². The molecule has 2 aliphatic rings. The highest BCUT2D eigenvalue weighted by Crippen LogP contribution is 2.30. The summed E-state index contributed by atoms with van der Waals surface area (Å²) in [6.07, 6.45) is 1.05. The molecule has 2 unspecified atom stereocenters. The lowest BCUT2D eigenvalue weighted by atomic mass is 10.2. The van der Waals surface area contributed by atoms with Crippen molar-refractivity contribution < 1.29 is 9.47 Å². The van der Waals surface area contributed by atoms with Crippen LogP contribution >= 0.6 is 0 Å². The minimum atomic E-state index is -0.0390. The van der Waals surface area contributed by atoms with Crippen molar-refractivity contribution in [3.63, 3.8) is 0 Å². The molecule has 6 nitrogen and oxygen atoms in total. The summed E-state index contributed by atoms with van der Waals surface area (Å²) in [5.41, 5.74) is 1.27. The molecule has 1 saturated heterocycles. The third kappa shape index (κ3) is 4.27. The number of aliphatic imine (C=N–C) groups is 1. The van der Waals surface area contributed by atoms with E-state index in [0.29, 0.717) is 19.2 Å². The van der Waals surface area contributed by atoms with Crippen LogP contribution in [0.3, 0.4) is 0 Å². The van der Waals surface area contributed by atoms with Gasteiger partial charge < -0.3 is 25.0 Å². The highest BCUT2D eigenvalue weighted by Gasteiger charge is 2.24. The molecular formula is C21H26N4O2. The first-order valence-corrected chi connectivity index (χ1v) is 9.47. The number of hydrogen-bond donors (Lipinski definition) is 2. The second-order valence-corrected chi connectivity index (χ2v) is 6.86. The number of guanidine groups is 1. The van der Waals surface area contributed by atoms with Crippen molar-refractivity contribution in [2.24, 2.45) is 4.99 Å². The summed E-state index contributed by atoms with van der Waals surface area (Å²) >= 11 is 0. The zero-order valence-corrected chi connectivity index (χ0v) is 15.6. The zero-order chi connectivity index (χ0) is 18.5. The highest BCUT2D eigenvalue weighted by molar-refractivity contribution is 5.80. The standard InChI is InChI=1S/C21H26N4O2/c1-22-21(23-13-18-15-26-19-9-5-6-10-20(19)27-18)24-16-11-12-25(14-16)17-7-3-2-4-8-17/h2-10,16,18H,11-15H2,1H3,(H2,22,23,24). The fourth-order valence-corrected chi connectivity index (χ4v) is 3.51. The number of para-hydroxylation sites is 3. The van der Waals surface area contributed by atoms with E-state index < -0.39 is 0 Å². The van der Waals surface area contributed by atoms with Crippen LogP contribution in [0.4, 0.5) is 5.69 Å². The largest absolute Gasteiger partial charge is 0.486 e. The van der Waals surface area contributed by atoms with E-state index >= 15 is 0 Å². The van der Waals surface area contributed by atoms with E-state index in [9.17, 15) is 0 Å². The van der Waals surface area contributed by atoms with Gasteiger partial charge in [-0.1, -0.05) is 30.3 Å². The first-order valence-electron chi connectivity index (χ1n) is 9.47. The second-order valence-electron chi connectivity index (χ2n) is 6.86. The van der Waals surface area contributed by atoms with E-state index in [1.165, 1.54) is 5.69 Å². The number of fused-ring (bicyclic) bond motifs is 1. The van der Waals surface area contributed by atoms with Crippen LogP contribution in [-0.4, -0.2) is 51.4 Å². The predicted octanol–water partition coefficient (Wildman–Crippen LogP) is 2.27. The molecule has 142 valence electrons. The maximum atomic E-state index is 5.99. The lowest BCUT2D eigenvalue weighted by Gasteiger charge is -2.27. The van der Waals surface area contributed by atoms with Crippen LogP contribution in [0.2, 0.25) is 0 Å². The monoisotopic (exact) mass is 366 g/mol. The Morgan fingerprint density at radius 2 is 1.89 bits per heavy atom. The van der Waals surface area contributed by atoms with Crippen LogP contribution in [0, 0.1) is 0 Å². The van der Waals surface area contributed by atoms with E-state index in [1.807, 2.05) is 24.3 Å². The normalized spacial score (nSPS) is 21.8. The molecule has 0 saturated carbocycles. The maximum absolute atomic E-state index is 5.99. The summed E-state index contributed by atoms with van der Waals surface area (Å²) in [5, 5.41) is 6.89. The summed E-state index contributed by atoms with van der Waals surface area (Å²) in [7, 11) is 1.80. The lowest BCUT2D eigenvalue weighted by Crippen LogP contribution is -2.48. The fraction of sp³-hybridized carbons (Fsp3) is 0.381. The maximum Gasteiger partial charge on any atom is 0.191 e. The molecule has 2 aliphatic heterocycles. The summed E-state index contributed by atoms with van der Waals surface area (Å²) in [4.78, 5) is 6.76. The van der Waals surface area contributed by atoms with Crippen molar-refractivity contribution in [1.82, 2.24) is 10.6 Å². The lowest BCUT2D eigenvalue weighted by molar-refractivity contribution is 0.0936. The van der Waals surface area contributed by atoms with Crippen LogP contribution < -0.4 is 25.0 Å². The average Bonchev–Trinajstić information content (AvgIpc) is 3.20. The Balaban J connectivity index is 1.26. The van der Waals surface area contributed by atoms with Crippen LogP contribution in [0.25, 0.3) is 0 Å². The van der Waals surface area contributed by atoms with E-state index in [1.54, 1.807) is 7.05 Å². The van der Waals surface area contributed by atoms with Gasteiger partial charge in [-0.15, -0.1) is 0 Å². The van der Waals surface area contributed by atoms with Gasteiger partial charge in [-0.2, -0.15) is 0 Å². The van der Waals surface area contributed by atoms with Crippen LogP contribution in [-0.2, 0) is 0 Å². The Labute approximate surface area is 160 Å². The molecular weight excluding hydrogens is 340 g/mol. The van der Waals surface area contributed by atoms with E-state index in [-0.39, 0.29) is 6.10 Å². The van der Waals surface area contributed by atoms with E-state index in [2.05, 4.69) is 50.9 Å². The Morgan fingerprint density at radius 1 is 1.11 bits per heavy atom. The summed E-state index contributed by atoms with van der Waals surface area (Å²) < 4.78 is 11.8. The molecule has 2 atom stereocenters. The van der Waals surface area contributed by atoms with Gasteiger partial charge in [-0.05, 0) is 30.7 Å². The van der Waals surface area contributed by atoms with Crippen molar-refractivity contribution >= 4 is 11.6 Å². The number of nitrogens with one attached hydrogen (secondary N) is 2. The quantitative estimate of drug-likeness (QED) is 0.642. The molecule has 0 radical (unpaired) electrons. The Kier molecular flexibility index (Phi) is 5.32. The molecule has 1 fully saturated rings. The molecule has 4 rings (SSSR count). The van der Waals surface area contributed by atoms with Gasteiger partial charge in [0, 0.05) is 31.9 Å². The molecule has 27 heavy (non-hydrogen) atoms. The number of ether oxygens (including phenoxy) is 2. The Bertz CT molecular complexity index is 781. The average molecular weight is 366 g/mol. The molecule has 0 aromatic heterocycles. The number of anilines is 1. The molecule has 0 bridgehead atoms. The number of rotatable bonds is 4. The third-order valence-electron chi connectivity index (χ3n) is 4.94. The summed E-state index contributed by atoms with van der Waals surface area (Å²) in [5.74, 6) is 2.41. The van der Waals surface area contributed by atoms with Gasteiger partial charge in [0.15, 0.2) is 17.5 Å². The predicted molar refractivity (Wildman–Crippen MR) is 108 cm³/mol. The van der Waals surface area contributed by atoms with Gasteiger partial charge in [0.25, 0.3) is 0 Å². The number of nitrogens with zero attached hydrogens (tertiary/aromatic N) is 2. The molecule has 6 heteroatoms. The first kappa shape index (κ1) is 17.5. The van der Waals surface area contributed by atoms with Crippen molar-refractivity contribution in [3.8, 4) is 11.5 Å². The Hall–Kier alpha value is -2.89. The summed E-state index contributed by atoms with van der Waals surface area (Å²) in [6.45, 7) is 3.20. The second kappa shape index (κ2) is 8.20. The third-order valence-corrected chi connectivity index (χ3v) is 4.94. The SMILES string of the molecule is CN=C(NCC1COc2ccccc2O1)NC1CCN(c2ccccc2)C1. The van der Waals surface area contributed by atoms with Gasteiger partial charge in [0.1, 0.15) is 12.7 Å². The minimum absolute atomic E-state index is 0.0390. The molecule has 2 N–H and O–H groups in total. The van der Waals surface area contributed by atoms with Crippen LogP contribution in [0.5, 0.6) is 11.5 Å². The topological polar surface area (TPSA) is 58.1 Å². The van der Waals surface area contributed by atoms with Crippen LogP contribution in [0.1, 0.15) is 6.42 Å². The minimum Gasteiger partial charge on any atom is -0.486 e. The molecule has 2 heterocycles. The highest BCUT2D eigenvalue weighted by atomic mass is 16.6. The molecule has 0 aliphatic carbocycles. The number of hydrogen-bond acceptors (Lipinski definition) is 4. The van der Waals surface area contributed by atoms with Crippen molar-refractivity contribution in [3.05, 3.63) is 54.6 Å². The first-order chi connectivity index (χ1) is 13.3. The summed E-state index contributed by atoms with van der Waals surface area (Å²) in [6, 6.07) is 18.7. The fourth-order valence-electron chi connectivity index (χ4n) is 3.51. The number of benzene rings is 2. The zero-order valence-electron chi connectivity index (χ0n) is 15.6. The Morgan fingerprint density at radius 3 is 2.70 bits per heavy atom. The van der Waals surface area contributed by atoms with E-state index in [4.69, 9.17) is 9.47 Å². The van der Waals surface area contributed by atoms with Gasteiger partial charge in [0.2, 0.25) is 0 Å². The molecule has 2 aromatic carbocycles. The van der Waals surface area contributed by atoms with Gasteiger partial charge >= 0.3 is 0 Å². The van der Waals surface area contributed by atoms with E-state index in [0.717, 1.165) is 37.0 Å². The van der Waals surface area contributed by atoms with Crippen molar-refractivity contribution in [2.75, 3.05) is 38.2 Å². The smallest absolute Gasteiger partial charge is 0.191 e.